The molecule has 0 spiro atoms. The number of likely N-dealkylation sites (N-methyl/N-ethyl adjacent to an activating group) is 2. The molecule has 0 bridgehead atoms. The molecule has 2 aliphatic heterocycles. The molecule has 4 aromatic rings. The molecule has 0 aromatic heterocycles. The minimum Gasteiger partial charge on any atom is -1.00 e. The van der Waals surface area contributed by atoms with E-state index < -0.39 is 11.9 Å². The minimum absolute atomic E-state index is 0. The van der Waals surface area contributed by atoms with E-state index in [9.17, 15) is 19.8 Å². The smallest absolute Gasteiger partial charge is 0.332 e. The van der Waals surface area contributed by atoms with Gasteiger partial charge in [-0.25, -0.2) is 9.59 Å². The number of rotatable bonds is 22. The Hall–Kier alpha value is -5.94. The molecule has 0 saturated carbocycles. The molecule has 2 N–H and O–H groups in total. The average molecular weight is 1020 g/mol. The number of hydrogen-bond donors (Lipinski definition) is 2. The van der Waals surface area contributed by atoms with Crippen molar-refractivity contribution in [3.63, 3.8) is 0 Å². The third-order valence-corrected chi connectivity index (χ3v) is 14.0. The van der Waals surface area contributed by atoms with Crippen LogP contribution in [-0.2, 0) is 22.4 Å². The summed E-state index contributed by atoms with van der Waals surface area (Å²) in [5, 5.41) is 21.4. The second-order valence-electron chi connectivity index (χ2n) is 17.7. The number of halogens is 2. The molecule has 0 saturated heterocycles. The molecule has 0 amide bonds. The molecule has 4 atom stereocenters. The zero-order chi connectivity index (χ0) is 49.5. The van der Waals surface area contributed by atoms with Crippen molar-refractivity contribution in [3.05, 3.63) is 93.1 Å². The predicted molar refractivity (Wildman–Crippen MR) is 255 cm³/mol. The maximum atomic E-state index is 13.1. The van der Waals surface area contributed by atoms with E-state index in [1.165, 1.54) is 0 Å². The highest BCUT2D eigenvalue weighted by Gasteiger charge is 2.44. The summed E-state index contributed by atoms with van der Waals surface area (Å²) >= 11 is 0. The van der Waals surface area contributed by atoms with Crippen LogP contribution in [0.25, 0.3) is 0 Å². The van der Waals surface area contributed by atoms with E-state index in [0.717, 1.165) is 33.4 Å². The molecule has 18 heteroatoms. The summed E-state index contributed by atoms with van der Waals surface area (Å²) in [6.45, 7) is 2.45. The lowest BCUT2D eigenvalue weighted by atomic mass is 9.85. The van der Waals surface area contributed by atoms with Crippen molar-refractivity contribution in [1.29, 1.82) is 0 Å². The van der Waals surface area contributed by atoms with Crippen molar-refractivity contribution in [3.8, 4) is 57.5 Å². The topological polar surface area (TPSA) is 167 Å². The van der Waals surface area contributed by atoms with Gasteiger partial charge in [0, 0.05) is 59.1 Å². The Balaban J connectivity index is 0.00000533. The minimum atomic E-state index is -1.24. The van der Waals surface area contributed by atoms with E-state index in [2.05, 4.69) is 14.1 Å². The highest BCUT2D eigenvalue weighted by atomic mass is 35.5. The summed E-state index contributed by atoms with van der Waals surface area (Å²) < 4.78 is 58.4. The largest absolute Gasteiger partial charge is 1.00 e. The molecule has 0 aliphatic carbocycles. The van der Waals surface area contributed by atoms with Crippen LogP contribution in [0.5, 0.6) is 57.5 Å². The first kappa shape index (κ1) is 56.6. The molecule has 0 radical (unpaired) electrons. The molecule has 4 aromatic carbocycles. The van der Waals surface area contributed by atoms with Crippen LogP contribution in [0.2, 0.25) is 0 Å². The summed E-state index contributed by atoms with van der Waals surface area (Å²) in [6, 6.07) is 15.3. The van der Waals surface area contributed by atoms with E-state index in [4.69, 9.17) is 47.4 Å². The molecule has 2 heterocycles. The third-order valence-electron chi connectivity index (χ3n) is 14.0. The standard InChI is InChI=1S/C52H66N2O14.2ClH/c1-53(21-17-31-23-39(59-3)41(61-5)29-37(31)47(53)33-25-43(63-7)49(67-11)44(26-33)64-8)19-13-15-35(51(55)56)36(52(57)58)16-14-20-54(2)22-18-32-24-40(60-4)42(62-6)30-38(32)48(54)34-27-45(65-9)50(68-12)46(28-34)66-10;;/h23-30,47-48H,13-22H2,1-12H3;2*1H/t47-,48-,53+,54+;;/m1../s1. The van der Waals surface area contributed by atoms with Crippen molar-refractivity contribution in [2.45, 2.75) is 50.6 Å². The first-order valence-corrected chi connectivity index (χ1v) is 22.6. The lowest BCUT2D eigenvalue weighted by Crippen LogP contribution is -3.00. The van der Waals surface area contributed by atoms with Gasteiger partial charge in [0.1, 0.15) is 12.1 Å². The average Bonchev–Trinajstić information content (AvgIpc) is 3.34. The highest BCUT2D eigenvalue weighted by molar-refractivity contribution is 5.98. The summed E-state index contributed by atoms with van der Waals surface area (Å²) in [5.41, 5.74) is 5.83. The van der Waals surface area contributed by atoms with Crippen LogP contribution in [-0.4, -0.2) is 142 Å². The number of methoxy groups -OCH3 is 10. The first-order chi connectivity index (χ1) is 32.6. The highest BCUT2D eigenvalue weighted by Crippen LogP contribution is 2.50. The molecular weight excluding hydrogens is 947 g/mol. The van der Waals surface area contributed by atoms with Gasteiger partial charge < -0.3 is 91.4 Å². The number of fused-ring (bicyclic) bond motifs is 2. The Labute approximate surface area is 423 Å². The quantitative estimate of drug-likeness (QED) is 0.0863. The second-order valence-corrected chi connectivity index (χ2v) is 17.7. The van der Waals surface area contributed by atoms with Crippen LogP contribution in [0.15, 0.2) is 59.7 Å². The fourth-order valence-corrected chi connectivity index (χ4v) is 10.6. The predicted octanol–water partition coefficient (Wildman–Crippen LogP) is 1.69. The van der Waals surface area contributed by atoms with Crippen LogP contribution < -0.4 is 72.2 Å². The van der Waals surface area contributed by atoms with Crippen molar-refractivity contribution < 1.29 is 101 Å². The van der Waals surface area contributed by atoms with E-state index in [1.54, 1.807) is 71.1 Å². The van der Waals surface area contributed by atoms with Gasteiger partial charge in [-0.15, -0.1) is 0 Å². The van der Waals surface area contributed by atoms with Gasteiger partial charge in [-0.2, -0.15) is 0 Å². The van der Waals surface area contributed by atoms with E-state index in [1.807, 2.05) is 48.5 Å². The molecule has 70 heavy (non-hydrogen) atoms. The van der Waals surface area contributed by atoms with Gasteiger partial charge in [-0.3, -0.25) is 0 Å². The van der Waals surface area contributed by atoms with E-state index in [0.29, 0.717) is 118 Å². The number of carboxylic acids is 2. The number of nitrogens with zero attached hydrogens (tertiary/aromatic N) is 2. The third kappa shape index (κ3) is 11.1. The first-order valence-electron chi connectivity index (χ1n) is 22.6. The number of carboxylic acid groups (broad SMARTS) is 2. The monoisotopic (exact) mass is 1010 g/mol. The number of quaternary nitrogens is 2. The van der Waals surface area contributed by atoms with Crippen molar-refractivity contribution >= 4 is 11.9 Å². The van der Waals surface area contributed by atoms with Gasteiger partial charge in [0.25, 0.3) is 0 Å². The van der Waals surface area contributed by atoms with Crippen molar-refractivity contribution in [1.82, 2.24) is 0 Å². The Bertz CT molecular complexity index is 2310. The summed E-state index contributed by atoms with van der Waals surface area (Å²) in [7, 11) is 20.2. The van der Waals surface area contributed by atoms with E-state index in [-0.39, 0.29) is 60.9 Å². The van der Waals surface area contributed by atoms with Crippen LogP contribution in [0.4, 0.5) is 0 Å². The van der Waals surface area contributed by atoms with Gasteiger partial charge in [0.05, 0.1) is 111 Å². The molecule has 0 fully saturated rings. The van der Waals surface area contributed by atoms with Crippen molar-refractivity contribution in [2.75, 3.05) is 111 Å². The van der Waals surface area contributed by atoms with Gasteiger partial charge in [-0.05, 0) is 72.5 Å². The Morgan fingerprint density at radius 2 is 0.743 bits per heavy atom. The number of carbonyl (C=O) groups is 2. The summed E-state index contributed by atoms with van der Waals surface area (Å²) in [6.07, 6.45) is 2.35. The van der Waals surface area contributed by atoms with Gasteiger partial charge in [0.15, 0.2) is 46.0 Å². The van der Waals surface area contributed by atoms with Gasteiger partial charge >= 0.3 is 11.9 Å². The van der Waals surface area contributed by atoms with Gasteiger partial charge in [-0.1, -0.05) is 0 Å². The van der Waals surface area contributed by atoms with Crippen LogP contribution in [0.1, 0.15) is 71.1 Å². The SMILES string of the molecule is COc1cc2c(cc1OC)[C@@H](c1cc(OC)c(OC)c(OC)c1)[N@@+](C)(CCCC(C(=O)O)=C(CCC[N@@+]1(C)CCc3cc(OC)c(OC)cc3[C@H]1c1cc(OC)c(OC)c(OC)c1)C(=O)O)CC2.[Cl-].[Cl-]. The zero-order valence-corrected chi connectivity index (χ0v) is 43.8. The van der Waals surface area contributed by atoms with E-state index >= 15 is 0 Å². The lowest BCUT2D eigenvalue weighted by molar-refractivity contribution is -0.935. The Morgan fingerprint density at radius 1 is 0.457 bits per heavy atom. The molecule has 384 valence electrons. The maximum Gasteiger partial charge on any atom is 0.332 e. The molecule has 0 unspecified atom stereocenters. The fourth-order valence-electron chi connectivity index (χ4n) is 10.6. The molecule has 2 aliphatic rings. The summed E-state index contributed by atoms with van der Waals surface area (Å²) in [4.78, 5) is 26.3. The summed E-state index contributed by atoms with van der Waals surface area (Å²) in [5.74, 6) is 2.88. The Kier molecular flexibility index (Phi) is 19.6. The van der Waals surface area contributed by atoms with Crippen LogP contribution >= 0.6 is 0 Å². The normalized spacial score (nSPS) is 19.3. The molecule has 6 rings (SSSR count). The van der Waals surface area contributed by atoms with Crippen LogP contribution in [0.3, 0.4) is 0 Å². The maximum absolute atomic E-state index is 13.1. The van der Waals surface area contributed by atoms with Crippen LogP contribution in [0, 0.1) is 0 Å². The second kappa shape index (κ2) is 24.3. The number of ether oxygens (including phenoxy) is 10. The Morgan fingerprint density at radius 3 is 1.00 bits per heavy atom. The van der Waals surface area contributed by atoms with Gasteiger partial charge in [0.2, 0.25) is 11.5 Å². The fraction of sp³-hybridized carbons (Fsp3) is 0.462. The van der Waals surface area contributed by atoms with Crippen molar-refractivity contribution in [2.24, 2.45) is 0 Å². The lowest BCUT2D eigenvalue weighted by Gasteiger charge is -2.46. The molecule has 16 nitrogen and oxygen atoms in total. The zero-order valence-electron chi connectivity index (χ0n) is 42.3. The molecular formula is C52H68Cl2N2O14. The number of aliphatic carboxylic acids is 2. The number of benzene rings is 4. The number of hydrogen-bond acceptors (Lipinski definition) is 12.